The van der Waals surface area contributed by atoms with Crippen LogP contribution in [0.3, 0.4) is 0 Å². The Kier molecular flexibility index (Phi) is 1.69. The summed E-state index contributed by atoms with van der Waals surface area (Å²) in [4.78, 5) is 0. The average Bonchev–Trinajstić information content (AvgIpc) is 2.53. The first kappa shape index (κ1) is 5.83. The molecule has 1 atom stereocenters. The lowest BCUT2D eigenvalue weighted by Crippen LogP contribution is -2.24. The van der Waals surface area contributed by atoms with Crippen molar-refractivity contribution >= 4 is 0 Å². The van der Waals surface area contributed by atoms with Gasteiger partial charge in [0.15, 0.2) is 0 Å². The molecule has 1 nitrogen and oxygen atoms in total. The molecule has 1 aliphatic carbocycles. The summed E-state index contributed by atoms with van der Waals surface area (Å²) in [5.74, 6) is 0.900. The third-order valence-electron chi connectivity index (χ3n) is 1.72. The predicted molar refractivity (Wildman–Crippen MR) is 35.8 cm³/mol. The summed E-state index contributed by atoms with van der Waals surface area (Å²) in [7, 11) is 1.99. The second-order valence-corrected chi connectivity index (χ2v) is 2.39. The Morgan fingerprint density at radius 1 is 1.75 bits per heavy atom. The highest BCUT2D eigenvalue weighted by Crippen LogP contribution is 2.32. The van der Waals surface area contributed by atoms with Gasteiger partial charge in [-0.25, -0.2) is 0 Å². The van der Waals surface area contributed by atoms with Crippen molar-refractivity contribution in [1.29, 1.82) is 0 Å². The summed E-state index contributed by atoms with van der Waals surface area (Å²) in [6.07, 6.45) is 4.77. The molecule has 46 valence electrons. The molecule has 1 N–H and O–H groups in total. The van der Waals surface area contributed by atoms with Crippen molar-refractivity contribution in [3.63, 3.8) is 0 Å². The summed E-state index contributed by atoms with van der Waals surface area (Å²) >= 11 is 0. The lowest BCUT2D eigenvalue weighted by molar-refractivity contribution is 0.598. The fourth-order valence-electron chi connectivity index (χ4n) is 1.00. The van der Waals surface area contributed by atoms with Gasteiger partial charge >= 0.3 is 0 Å². The van der Waals surface area contributed by atoms with Crippen LogP contribution in [-0.2, 0) is 0 Å². The van der Waals surface area contributed by atoms with Gasteiger partial charge in [0.2, 0.25) is 0 Å². The van der Waals surface area contributed by atoms with Gasteiger partial charge < -0.3 is 5.32 Å². The maximum absolute atomic E-state index is 3.73. The first-order valence-electron chi connectivity index (χ1n) is 3.18. The summed E-state index contributed by atoms with van der Waals surface area (Å²) < 4.78 is 0. The van der Waals surface area contributed by atoms with Crippen molar-refractivity contribution in [2.24, 2.45) is 5.92 Å². The van der Waals surface area contributed by atoms with Gasteiger partial charge in [-0.2, -0.15) is 0 Å². The van der Waals surface area contributed by atoms with E-state index < -0.39 is 0 Å². The molecule has 1 fully saturated rings. The highest BCUT2D eigenvalue weighted by molar-refractivity contribution is 4.96. The maximum atomic E-state index is 3.73. The molecule has 1 unspecified atom stereocenters. The molecule has 0 aromatic rings. The zero-order valence-corrected chi connectivity index (χ0v) is 5.35. The third-order valence-corrected chi connectivity index (χ3v) is 1.72. The summed E-state index contributed by atoms with van der Waals surface area (Å²) in [6.45, 7) is 3.73. The van der Waals surface area contributed by atoms with Gasteiger partial charge in [0.05, 0.1) is 0 Å². The molecular weight excluding hydrogens is 98.1 g/mol. The maximum Gasteiger partial charge on any atom is 0.0272 e. The minimum absolute atomic E-state index is 0.579. The molecule has 0 spiro atoms. The molecule has 0 heterocycles. The fourth-order valence-corrected chi connectivity index (χ4v) is 1.00. The van der Waals surface area contributed by atoms with Crippen LogP contribution in [-0.4, -0.2) is 13.1 Å². The minimum Gasteiger partial charge on any atom is -0.313 e. The molecule has 1 rings (SSSR count). The average molecular weight is 111 g/mol. The summed E-state index contributed by atoms with van der Waals surface area (Å²) in [5, 5.41) is 3.20. The van der Waals surface area contributed by atoms with Gasteiger partial charge in [-0.15, -0.1) is 6.58 Å². The van der Waals surface area contributed by atoms with E-state index >= 15 is 0 Å². The predicted octanol–water partition coefficient (Wildman–Crippen LogP) is 1.17. The van der Waals surface area contributed by atoms with Crippen molar-refractivity contribution in [2.45, 2.75) is 18.9 Å². The fraction of sp³-hybridized carbons (Fsp3) is 0.714. The summed E-state index contributed by atoms with van der Waals surface area (Å²) in [6, 6.07) is 0.579. The SMILES string of the molecule is C=CC(NC)C1CC1. The van der Waals surface area contributed by atoms with Crippen LogP contribution < -0.4 is 5.32 Å². The van der Waals surface area contributed by atoms with E-state index in [9.17, 15) is 0 Å². The molecule has 0 radical (unpaired) electrons. The number of likely N-dealkylation sites (N-methyl/N-ethyl adjacent to an activating group) is 1. The van der Waals surface area contributed by atoms with E-state index in [1.54, 1.807) is 0 Å². The Morgan fingerprint density at radius 2 is 2.38 bits per heavy atom. The lowest BCUT2D eigenvalue weighted by Gasteiger charge is -2.06. The number of hydrogen-bond acceptors (Lipinski definition) is 1. The van der Waals surface area contributed by atoms with Gasteiger partial charge in [0.1, 0.15) is 0 Å². The van der Waals surface area contributed by atoms with Crippen LogP contribution in [0, 0.1) is 5.92 Å². The Labute approximate surface area is 50.8 Å². The molecule has 0 aromatic heterocycles. The van der Waals surface area contributed by atoms with E-state index in [1.807, 2.05) is 13.1 Å². The Morgan fingerprint density at radius 3 is 2.50 bits per heavy atom. The molecular formula is C7H13N. The molecule has 0 amide bonds. The van der Waals surface area contributed by atoms with E-state index in [1.165, 1.54) is 12.8 Å². The quantitative estimate of drug-likeness (QED) is 0.539. The first-order chi connectivity index (χ1) is 3.88. The van der Waals surface area contributed by atoms with Crippen LogP contribution >= 0.6 is 0 Å². The molecule has 8 heavy (non-hydrogen) atoms. The third kappa shape index (κ3) is 1.10. The summed E-state index contributed by atoms with van der Waals surface area (Å²) in [5.41, 5.74) is 0. The van der Waals surface area contributed by atoms with Crippen LogP contribution in [0.15, 0.2) is 12.7 Å². The molecule has 1 heteroatoms. The molecule has 0 bridgehead atoms. The van der Waals surface area contributed by atoms with Crippen LogP contribution in [0.25, 0.3) is 0 Å². The smallest absolute Gasteiger partial charge is 0.0272 e. The first-order valence-corrected chi connectivity index (χ1v) is 3.18. The zero-order chi connectivity index (χ0) is 5.98. The standard InChI is InChI=1S/C7H13N/c1-3-7(8-2)6-4-5-6/h3,6-8H,1,4-5H2,2H3. The topological polar surface area (TPSA) is 12.0 Å². The van der Waals surface area contributed by atoms with Crippen molar-refractivity contribution in [3.05, 3.63) is 12.7 Å². The van der Waals surface area contributed by atoms with Crippen LogP contribution in [0.4, 0.5) is 0 Å². The monoisotopic (exact) mass is 111 g/mol. The molecule has 0 aromatic carbocycles. The molecule has 1 aliphatic rings. The van der Waals surface area contributed by atoms with Crippen LogP contribution in [0.5, 0.6) is 0 Å². The largest absolute Gasteiger partial charge is 0.313 e. The van der Waals surface area contributed by atoms with Crippen LogP contribution in [0.1, 0.15) is 12.8 Å². The van der Waals surface area contributed by atoms with E-state index in [0.717, 1.165) is 5.92 Å². The Bertz CT molecular complexity index is 84.4. The molecule has 1 saturated carbocycles. The molecule has 0 aliphatic heterocycles. The van der Waals surface area contributed by atoms with Gasteiger partial charge in [-0.1, -0.05) is 6.08 Å². The number of rotatable bonds is 3. The van der Waals surface area contributed by atoms with Crippen molar-refractivity contribution in [1.82, 2.24) is 5.32 Å². The highest BCUT2D eigenvalue weighted by atomic mass is 14.9. The van der Waals surface area contributed by atoms with Crippen molar-refractivity contribution in [3.8, 4) is 0 Å². The Balaban J connectivity index is 2.25. The van der Waals surface area contributed by atoms with E-state index in [-0.39, 0.29) is 0 Å². The number of nitrogens with one attached hydrogen (secondary N) is 1. The highest BCUT2D eigenvalue weighted by Gasteiger charge is 2.27. The minimum atomic E-state index is 0.579. The Hall–Kier alpha value is -0.300. The zero-order valence-electron chi connectivity index (χ0n) is 5.35. The second-order valence-electron chi connectivity index (χ2n) is 2.39. The lowest BCUT2D eigenvalue weighted by atomic mass is 10.2. The number of hydrogen-bond donors (Lipinski definition) is 1. The van der Waals surface area contributed by atoms with E-state index in [2.05, 4.69) is 11.9 Å². The van der Waals surface area contributed by atoms with Crippen molar-refractivity contribution in [2.75, 3.05) is 7.05 Å². The second kappa shape index (κ2) is 2.31. The molecule has 0 saturated heterocycles. The normalized spacial score (nSPS) is 22.6. The van der Waals surface area contributed by atoms with Crippen LogP contribution in [0.2, 0.25) is 0 Å². The van der Waals surface area contributed by atoms with Crippen molar-refractivity contribution < 1.29 is 0 Å². The van der Waals surface area contributed by atoms with E-state index in [4.69, 9.17) is 0 Å². The van der Waals surface area contributed by atoms with Gasteiger partial charge in [-0.3, -0.25) is 0 Å². The van der Waals surface area contributed by atoms with Gasteiger partial charge in [0, 0.05) is 6.04 Å². The van der Waals surface area contributed by atoms with E-state index in [0.29, 0.717) is 6.04 Å². The van der Waals surface area contributed by atoms with Gasteiger partial charge in [0.25, 0.3) is 0 Å². The van der Waals surface area contributed by atoms with Gasteiger partial charge in [-0.05, 0) is 25.8 Å².